The molecule has 0 saturated heterocycles. The largest absolute Gasteiger partial charge is 0.545 e. The molecule has 8 heterocycles. The van der Waals surface area contributed by atoms with Crippen molar-refractivity contribution >= 4 is 76.6 Å². The van der Waals surface area contributed by atoms with Gasteiger partial charge in [-0.15, -0.1) is 178 Å². The van der Waals surface area contributed by atoms with Crippen molar-refractivity contribution in [2.75, 3.05) is 0 Å². The number of carbonyl (C=O) groups excluding carboxylic acids is 2. The van der Waals surface area contributed by atoms with Crippen LogP contribution in [0.2, 0.25) is 0 Å². The summed E-state index contributed by atoms with van der Waals surface area (Å²) in [6, 6.07) is 115. The van der Waals surface area contributed by atoms with Crippen molar-refractivity contribution in [3.8, 4) is 67.7 Å². The second-order valence-corrected chi connectivity index (χ2v) is 25.8. The van der Waals surface area contributed by atoms with Gasteiger partial charge in [0, 0.05) is 190 Å². The molecule has 0 spiro atoms. The molecule has 0 bridgehead atoms. The Balaban J connectivity index is 0.000000195. The van der Waals surface area contributed by atoms with E-state index in [9.17, 15) is 22.8 Å². The van der Waals surface area contributed by atoms with Crippen LogP contribution >= 0.6 is 0 Å². The van der Waals surface area contributed by atoms with Crippen molar-refractivity contribution in [1.29, 1.82) is 0 Å². The number of allylic oxidation sites excluding steroid dienone is 4. The van der Waals surface area contributed by atoms with Crippen molar-refractivity contribution in [2.45, 2.75) is 26.9 Å². The number of hydrogen-bond donors (Lipinski definition) is 2. The van der Waals surface area contributed by atoms with Gasteiger partial charge in [0.2, 0.25) is 0 Å². The van der Waals surface area contributed by atoms with Gasteiger partial charge >= 0.3 is 6.18 Å². The number of rotatable bonds is 9. The molecule has 0 aliphatic heterocycles. The quantitative estimate of drug-likeness (QED) is 0.0597. The summed E-state index contributed by atoms with van der Waals surface area (Å²) in [4.78, 5) is 59.3. The predicted molar refractivity (Wildman–Crippen MR) is 461 cm³/mol. The molecule has 0 amide bonds. The van der Waals surface area contributed by atoms with Gasteiger partial charge in [0.05, 0.1) is 17.0 Å². The van der Waals surface area contributed by atoms with E-state index in [0.717, 1.165) is 67.6 Å². The molecule has 0 saturated carbocycles. The third-order valence-electron chi connectivity index (χ3n) is 17.3. The van der Waals surface area contributed by atoms with Crippen LogP contribution in [-0.2, 0) is 111 Å². The van der Waals surface area contributed by atoms with Gasteiger partial charge in [0.25, 0.3) is 0 Å². The number of benzene rings is 11. The number of aromatic nitrogens is 9. The number of nitrogens with zero attached hydrogens (tertiary/aromatic N) is 9. The molecular formula is C101H72F3Ir5N9O5-6. The van der Waals surface area contributed by atoms with E-state index in [4.69, 9.17) is 14.6 Å². The summed E-state index contributed by atoms with van der Waals surface area (Å²) in [5, 5.41) is 29.0. The minimum atomic E-state index is -4.40. The zero-order valence-electron chi connectivity index (χ0n) is 65.7. The van der Waals surface area contributed by atoms with Crippen molar-refractivity contribution < 1.29 is 138 Å². The fourth-order valence-electron chi connectivity index (χ4n) is 12.0. The van der Waals surface area contributed by atoms with E-state index in [1.54, 1.807) is 85.6 Å². The third kappa shape index (κ3) is 28.4. The minimum absolute atomic E-state index is 0. The molecule has 123 heavy (non-hydrogen) atoms. The molecule has 0 atom stereocenters. The predicted octanol–water partition coefficient (Wildman–Crippen LogP) is 24.4. The molecule has 0 fully saturated rings. The molecule has 19 rings (SSSR count). The Bertz CT molecular complexity index is 6360. The SMILES string of the molecule is CC(=O)C=C(C)O.CC(O)=CC(=O)c1ccccc1.FC(F)(F)c1cccnc1-c1[c-]cccc1.[Ir].[Ir].[Ir].[Ir].[Ir].[c-]1cc2ccccc2cc1-c1nccc2ccccc12.[c-]1cc2ccccc2cc1-c1nccc2ccccc12.[c-]1ccccc1-c1ccccn1.[c-]1ccccc1-c1ncnc2nccnc12.[c-]1ccoc1-c1nccc2ccccc12. The van der Waals surface area contributed by atoms with Crippen molar-refractivity contribution in [3.63, 3.8) is 0 Å². The van der Waals surface area contributed by atoms with E-state index in [1.807, 2.05) is 146 Å². The van der Waals surface area contributed by atoms with Crippen molar-refractivity contribution in [2.24, 2.45) is 0 Å². The average Bonchev–Trinajstić information content (AvgIpc) is 1.83. The van der Waals surface area contributed by atoms with Crippen LogP contribution in [0.3, 0.4) is 0 Å². The molecule has 19 aromatic rings. The second kappa shape index (κ2) is 50.1. The standard InChI is InChI=1S/2C19H12N.C13H8NO.C12H7F3N.C12H7N4.C11H8N.C10H10O2.C5H8O2.5Ir/c2*1-2-7-16-13-17(10-9-14(16)5-1)19-18-8-4-3-6-15(18)11-12-20-19;1-2-5-11-10(4-1)7-8-14-13(11)12-6-3-9-15-12;13-12(14,15)10-7-4-8-16-11(10)9-5-2-1-3-6-9;1-2-4-9(5-3-1)10-11-12(16-8-15-10)14-7-6-13-11;1-2-6-10(7-3-1)11-8-4-5-9-12-11;1-8(11)7-10(12)9-5-3-2-4-6-9;1-4(6)3-5(2)7;;;;;/h2*1-9,11-13H;1-5,7-9H;1-5,7-8H;1-4,6-8H;1-6,8-9H;2-7,11H,1H3;3,6H,1-2H3;;;;;/q6*-1;;;;;;;. The summed E-state index contributed by atoms with van der Waals surface area (Å²) in [7, 11) is 0. The number of pyridine rings is 5. The van der Waals surface area contributed by atoms with Gasteiger partial charge in [-0.2, -0.15) is 13.2 Å². The van der Waals surface area contributed by atoms with Crippen LogP contribution < -0.4 is 0 Å². The monoisotopic (exact) mass is 2510 g/mol. The summed E-state index contributed by atoms with van der Waals surface area (Å²) in [6.07, 6.45) is 13.0. The van der Waals surface area contributed by atoms with Crippen LogP contribution in [0, 0.1) is 36.4 Å². The van der Waals surface area contributed by atoms with Crippen molar-refractivity contribution in [3.05, 3.63) is 430 Å². The van der Waals surface area contributed by atoms with Gasteiger partial charge in [-0.25, -0.2) is 9.97 Å². The summed E-state index contributed by atoms with van der Waals surface area (Å²) in [5.41, 5.74) is 10.00. The van der Waals surface area contributed by atoms with Crippen LogP contribution in [0.15, 0.2) is 387 Å². The smallest absolute Gasteiger partial charge is 0.409 e. The normalized spacial score (nSPS) is 10.4. The van der Waals surface area contributed by atoms with E-state index in [-0.39, 0.29) is 129 Å². The molecule has 11 aromatic carbocycles. The van der Waals surface area contributed by atoms with E-state index < -0.39 is 11.7 Å². The van der Waals surface area contributed by atoms with E-state index in [0.29, 0.717) is 28.1 Å². The van der Waals surface area contributed by atoms with E-state index in [2.05, 4.69) is 184 Å². The first-order chi connectivity index (χ1) is 57.6. The van der Waals surface area contributed by atoms with E-state index >= 15 is 0 Å². The van der Waals surface area contributed by atoms with Crippen LogP contribution in [-0.4, -0.2) is 66.6 Å². The summed E-state index contributed by atoms with van der Waals surface area (Å²) in [5.74, 6) is 0.485. The Labute approximate surface area is 777 Å². The average molecular weight is 2510 g/mol. The molecule has 22 heteroatoms. The maximum atomic E-state index is 12.7. The number of aliphatic hydroxyl groups is 2. The first kappa shape index (κ1) is 97.7. The fraction of sp³-hybridized carbons (Fsp3) is 0.0396. The van der Waals surface area contributed by atoms with Gasteiger partial charge in [-0.05, 0) is 107 Å². The number of alkyl halides is 3. The Kier molecular flexibility index (Phi) is 39.8. The molecular weight excluding hydrogens is 2440 g/mol. The third-order valence-corrected chi connectivity index (χ3v) is 17.3. The zero-order chi connectivity index (χ0) is 82.3. The molecule has 0 unspecified atom stereocenters. The first-order valence-electron chi connectivity index (χ1n) is 37.0. The van der Waals surface area contributed by atoms with Crippen LogP contribution in [0.1, 0.15) is 36.7 Å². The van der Waals surface area contributed by atoms with Gasteiger partial charge in [-0.3, -0.25) is 19.6 Å². The molecule has 8 aromatic heterocycles. The number of furan rings is 1. The molecule has 0 aliphatic carbocycles. The number of halogens is 3. The van der Waals surface area contributed by atoms with Gasteiger partial charge in [0.1, 0.15) is 6.33 Å². The van der Waals surface area contributed by atoms with Crippen LogP contribution in [0.4, 0.5) is 13.2 Å². The van der Waals surface area contributed by atoms with E-state index in [1.165, 1.54) is 94.6 Å². The Morgan fingerprint density at radius 1 is 0.350 bits per heavy atom. The number of fused-ring (bicyclic) bond motifs is 6. The topological polar surface area (TPSA) is 204 Å². The van der Waals surface area contributed by atoms with Crippen LogP contribution in [0.25, 0.3) is 133 Å². The first-order valence-corrected chi connectivity index (χ1v) is 37.0. The van der Waals surface area contributed by atoms with Crippen molar-refractivity contribution in [1.82, 2.24) is 44.9 Å². The Morgan fingerprint density at radius 3 is 1.25 bits per heavy atom. The Hall–Kier alpha value is -12.4. The number of hydrogen-bond acceptors (Lipinski definition) is 14. The number of ketones is 2. The van der Waals surface area contributed by atoms with Gasteiger partial charge in [0.15, 0.2) is 17.2 Å². The van der Waals surface area contributed by atoms with Crippen LogP contribution in [0.5, 0.6) is 0 Å². The number of aliphatic hydroxyl groups excluding tert-OH is 2. The Morgan fingerprint density at radius 2 is 0.789 bits per heavy atom. The van der Waals surface area contributed by atoms with Gasteiger partial charge in [-0.1, -0.05) is 181 Å². The number of carbonyl (C=O) groups is 2. The molecule has 0 aliphatic rings. The second-order valence-electron chi connectivity index (χ2n) is 25.8. The molecule has 5 radical (unpaired) electrons. The maximum absolute atomic E-state index is 12.7. The fourth-order valence-corrected chi connectivity index (χ4v) is 12.0. The summed E-state index contributed by atoms with van der Waals surface area (Å²) in [6.45, 7) is 4.32. The summed E-state index contributed by atoms with van der Waals surface area (Å²) >= 11 is 0. The molecule has 2 N–H and O–H groups in total. The maximum Gasteiger partial charge on any atom is 0.409 e. The van der Waals surface area contributed by atoms with Gasteiger partial charge < -0.3 is 39.6 Å². The summed E-state index contributed by atoms with van der Waals surface area (Å²) < 4.78 is 43.3. The minimum Gasteiger partial charge on any atom is -0.545 e. The molecule has 14 nitrogen and oxygen atoms in total. The molecule has 623 valence electrons. The zero-order valence-corrected chi connectivity index (χ0v) is 77.6.